The predicted molar refractivity (Wildman–Crippen MR) is 100 cm³/mol. The van der Waals surface area contributed by atoms with E-state index in [1.807, 2.05) is 0 Å². The van der Waals surface area contributed by atoms with Crippen LogP contribution in [0, 0.1) is 17.0 Å². The number of carbonyl (C=O) groups excluding carboxylic acids is 3. The summed E-state index contributed by atoms with van der Waals surface area (Å²) in [5, 5.41) is 11.8. The molecule has 0 fully saturated rings. The second kappa shape index (κ2) is 7.80. The molecule has 0 aliphatic carbocycles. The lowest BCUT2D eigenvalue weighted by Crippen LogP contribution is -2.41. The van der Waals surface area contributed by atoms with E-state index in [9.17, 15) is 24.5 Å². The Morgan fingerprint density at radius 1 is 1.03 bits per heavy atom. The highest BCUT2D eigenvalue weighted by Crippen LogP contribution is 2.24. The second-order valence-corrected chi connectivity index (χ2v) is 5.98. The van der Waals surface area contributed by atoms with Gasteiger partial charge in [0.15, 0.2) is 5.76 Å². The quantitative estimate of drug-likeness (QED) is 0.391. The number of non-ortho nitro benzene ring substituents is 1. The number of furan rings is 1. The van der Waals surface area contributed by atoms with Crippen molar-refractivity contribution >= 4 is 34.4 Å². The van der Waals surface area contributed by atoms with Gasteiger partial charge in [0, 0.05) is 28.6 Å². The van der Waals surface area contributed by atoms with Gasteiger partial charge >= 0.3 is 11.9 Å². The second-order valence-electron chi connectivity index (χ2n) is 5.98. The van der Waals surface area contributed by atoms with Crippen molar-refractivity contribution in [2.75, 3.05) is 7.11 Å². The molecule has 0 bridgehead atoms. The first-order valence-electron chi connectivity index (χ1n) is 8.28. The number of benzene rings is 2. The summed E-state index contributed by atoms with van der Waals surface area (Å²) < 4.78 is 10.0. The number of methoxy groups -OCH3 is 1. The fraction of sp³-hybridized carbons (Fsp3) is 0.105. The Hall–Kier alpha value is -4.21. The summed E-state index contributed by atoms with van der Waals surface area (Å²) in [6, 6.07) is 10.1. The largest absolute Gasteiger partial charge is 0.465 e. The highest BCUT2D eigenvalue weighted by molar-refractivity contribution is 6.02. The van der Waals surface area contributed by atoms with Crippen LogP contribution in [0.3, 0.4) is 0 Å². The van der Waals surface area contributed by atoms with Crippen LogP contribution >= 0.6 is 0 Å². The van der Waals surface area contributed by atoms with Gasteiger partial charge in [-0.2, -0.15) is 0 Å². The van der Waals surface area contributed by atoms with Gasteiger partial charge in [-0.25, -0.2) is 4.79 Å². The minimum absolute atomic E-state index is 0.0146. The molecule has 29 heavy (non-hydrogen) atoms. The molecule has 2 aromatic carbocycles. The predicted octanol–water partition coefficient (Wildman–Crippen LogP) is 2.51. The Morgan fingerprint density at radius 3 is 2.34 bits per heavy atom. The molecule has 0 saturated heterocycles. The molecule has 0 spiro atoms. The van der Waals surface area contributed by atoms with Gasteiger partial charge in [0.25, 0.3) is 11.6 Å². The number of fused-ring (bicyclic) bond motifs is 1. The normalized spacial score (nSPS) is 10.4. The summed E-state index contributed by atoms with van der Waals surface area (Å²) in [5.74, 6) is -2.39. The fourth-order valence-electron chi connectivity index (χ4n) is 2.72. The maximum absolute atomic E-state index is 12.4. The van der Waals surface area contributed by atoms with Crippen LogP contribution in [-0.2, 0) is 4.74 Å². The number of ether oxygens (including phenoxy) is 1. The Morgan fingerprint density at radius 2 is 1.69 bits per heavy atom. The van der Waals surface area contributed by atoms with Crippen molar-refractivity contribution in [3.63, 3.8) is 0 Å². The molecule has 1 heterocycles. The number of esters is 1. The van der Waals surface area contributed by atoms with Crippen molar-refractivity contribution in [1.82, 2.24) is 10.9 Å². The summed E-state index contributed by atoms with van der Waals surface area (Å²) in [6.07, 6.45) is 0. The highest BCUT2D eigenvalue weighted by atomic mass is 16.6. The van der Waals surface area contributed by atoms with Gasteiger partial charge < -0.3 is 9.15 Å². The van der Waals surface area contributed by atoms with Crippen molar-refractivity contribution in [1.29, 1.82) is 0 Å². The van der Waals surface area contributed by atoms with E-state index in [0.29, 0.717) is 11.1 Å². The number of para-hydroxylation sites is 1. The zero-order valence-corrected chi connectivity index (χ0v) is 15.3. The average molecular weight is 397 g/mol. The molecule has 3 rings (SSSR count). The summed E-state index contributed by atoms with van der Waals surface area (Å²) in [5.41, 5.74) is 4.59. The van der Waals surface area contributed by atoms with Crippen LogP contribution in [0.4, 0.5) is 5.69 Å². The number of nitrogens with zero attached hydrogens (tertiary/aromatic N) is 1. The number of nitro benzene ring substituents is 1. The van der Waals surface area contributed by atoms with E-state index in [4.69, 9.17) is 4.42 Å². The third-order valence-corrected chi connectivity index (χ3v) is 4.15. The molecule has 1 aromatic heterocycles. The number of nitro groups is 1. The number of hydrazine groups is 1. The van der Waals surface area contributed by atoms with Crippen LogP contribution in [-0.4, -0.2) is 29.8 Å². The van der Waals surface area contributed by atoms with E-state index in [2.05, 4.69) is 15.6 Å². The number of aryl methyl sites for hydroxylation is 1. The van der Waals surface area contributed by atoms with E-state index >= 15 is 0 Å². The minimum Gasteiger partial charge on any atom is -0.465 e. The topological polar surface area (TPSA) is 141 Å². The third kappa shape index (κ3) is 3.90. The fourth-order valence-corrected chi connectivity index (χ4v) is 2.72. The highest BCUT2D eigenvalue weighted by Gasteiger charge is 2.21. The van der Waals surface area contributed by atoms with E-state index in [0.717, 1.165) is 30.7 Å². The molecule has 148 valence electrons. The zero-order valence-electron chi connectivity index (χ0n) is 15.3. The number of hydrogen-bond donors (Lipinski definition) is 2. The first-order chi connectivity index (χ1) is 13.8. The molecular formula is C19H15N3O7. The molecule has 0 radical (unpaired) electrons. The Balaban J connectivity index is 1.80. The van der Waals surface area contributed by atoms with E-state index in [-0.39, 0.29) is 16.9 Å². The van der Waals surface area contributed by atoms with Gasteiger partial charge in [-0.05, 0) is 19.1 Å². The van der Waals surface area contributed by atoms with Crippen LogP contribution in [0.1, 0.15) is 36.8 Å². The monoisotopic (exact) mass is 397 g/mol. The van der Waals surface area contributed by atoms with E-state index < -0.39 is 28.4 Å². The lowest BCUT2D eigenvalue weighted by molar-refractivity contribution is -0.384. The summed E-state index contributed by atoms with van der Waals surface area (Å²) in [4.78, 5) is 46.7. The summed E-state index contributed by atoms with van der Waals surface area (Å²) in [6.45, 7) is 1.70. The van der Waals surface area contributed by atoms with Crippen molar-refractivity contribution in [2.24, 2.45) is 0 Å². The number of hydrogen-bond acceptors (Lipinski definition) is 7. The minimum atomic E-state index is -0.860. The van der Waals surface area contributed by atoms with E-state index in [1.54, 1.807) is 31.2 Å². The molecule has 0 unspecified atom stereocenters. The van der Waals surface area contributed by atoms with Gasteiger partial charge in [0.1, 0.15) is 5.58 Å². The van der Waals surface area contributed by atoms with Gasteiger partial charge in [0.2, 0.25) is 0 Å². The zero-order chi connectivity index (χ0) is 21.1. The molecule has 2 amide bonds. The van der Waals surface area contributed by atoms with Gasteiger partial charge in [-0.15, -0.1) is 0 Å². The molecule has 0 atom stereocenters. The van der Waals surface area contributed by atoms with Crippen molar-refractivity contribution in [3.05, 3.63) is 75.0 Å². The lowest BCUT2D eigenvalue weighted by atomic mass is 10.1. The molecule has 0 aliphatic rings. The molecule has 3 aromatic rings. The molecule has 0 aliphatic heterocycles. The molecule has 10 nitrogen and oxygen atoms in total. The molecular weight excluding hydrogens is 382 g/mol. The maximum Gasteiger partial charge on any atom is 0.338 e. The number of rotatable bonds is 4. The van der Waals surface area contributed by atoms with E-state index in [1.165, 1.54) is 0 Å². The van der Waals surface area contributed by atoms with Crippen LogP contribution in [0.2, 0.25) is 0 Å². The SMILES string of the molecule is COC(=O)c1cc(C(=O)NNC(=O)c2oc3ccccc3c2C)cc([N+](=O)[O-])c1. The third-order valence-electron chi connectivity index (χ3n) is 4.15. The molecule has 0 saturated carbocycles. The maximum atomic E-state index is 12.4. The lowest BCUT2D eigenvalue weighted by Gasteiger charge is -2.08. The van der Waals surface area contributed by atoms with Crippen LogP contribution in [0.25, 0.3) is 11.0 Å². The van der Waals surface area contributed by atoms with Crippen LogP contribution in [0.5, 0.6) is 0 Å². The van der Waals surface area contributed by atoms with Gasteiger partial charge in [0.05, 0.1) is 17.6 Å². The summed E-state index contributed by atoms with van der Waals surface area (Å²) >= 11 is 0. The van der Waals surface area contributed by atoms with Gasteiger partial charge in [-0.1, -0.05) is 18.2 Å². The Labute approximate surface area is 163 Å². The first kappa shape index (κ1) is 19.5. The number of carbonyl (C=O) groups is 3. The van der Waals surface area contributed by atoms with Crippen molar-refractivity contribution < 1.29 is 28.5 Å². The van der Waals surface area contributed by atoms with Crippen molar-refractivity contribution in [2.45, 2.75) is 6.92 Å². The first-order valence-corrected chi connectivity index (χ1v) is 8.28. The Kier molecular flexibility index (Phi) is 5.26. The van der Waals surface area contributed by atoms with Crippen LogP contribution in [0.15, 0.2) is 46.9 Å². The van der Waals surface area contributed by atoms with Crippen molar-refractivity contribution in [3.8, 4) is 0 Å². The average Bonchev–Trinajstić information content (AvgIpc) is 3.07. The standard InChI is InChI=1S/C19H15N3O7/c1-10-14-5-3-4-6-15(14)29-16(10)18(24)21-20-17(23)11-7-12(19(25)28-2)9-13(8-11)22(26)27/h3-9H,1-2H3,(H,20,23)(H,21,24). The molecule has 2 N–H and O–H groups in total. The number of nitrogens with one attached hydrogen (secondary N) is 2. The smallest absolute Gasteiger partial charge is 0.338 e. The molecule has 10 heteroatoms. The summed E-state index contributed by atoms with van der Waals surface area (Å²) in [7, 11) is 1.11. The van der Waals surface area contributed by atoms with Crippen LogP contribution < -0.4 is 10.9 Å². The Bertz CT molecular complexity index is 1150. The number of amides is 2. The van der Waals surface area contributed by atoms with Gasteiger partial charge in [-0.3, -0.25) is 30.6 Å².